The monoisotopic (exact) mass is 424 g/mol. The van der Waals surface area contributed by atoms with Gasteiger partial charge in [0.1, 0.15) is 5.82 Å². The van der Waals surface area contributed by atoms with Gasteiger partial charge in [0.2, 0.25) is 5.91 Å². The molecule has 0 radical (unpaired) electrons. The number of hydrogen-bond donors (Lipinski definition) is 1. The van der Waals surface area contributed by atoms with E-state index in [4.69, 9.17) is 4.74 Å². The molecule has 0 unspecified atom stereocenters. The van der Waals surface area contributed by atoms with Crippen molar-refractivity contribution in [3.63, 3.8) is 0 Å². The van der Waals surface area contributed by atoms with Crippen LogP contribution in [0, 0.1) is 13.8 Å². The fraction of sp³-hybridized carbons (Fsp3) is 0.348. The lowest BCUT2D eigenvalue weighted by Gasteiger charge is -2.13. The van der Waals surface area contributed by atoms with E-state index < -0.39 is 0 Å². The minimum Gasteiger partial charge on any atom is -0.385 e. The van der Waals surface area contributed by atoms with Crippen molar-refractivity contribution in [2.45, 2.75) is 31.8 Å². The third-order valence-electron chi connectivity index (χ3n) is 4.68. The topological polar surface area (TPSA) is 69.0 Å². The first kappa shape index (κ1) is 22.1. The minimum atomic E-state index is -0.0177. The summed E-state index contributed by atoms with van der Waals surface area (Å²) in [7, 11) is 1.66. The van der Waals surface area contributed by atoms with Gasteiger partial charge in [-0.25, -0.2) is 0 Å². The summed E-state index contributed by atoms with van der Waals surface area (Å²) in [5.41, 5.74) is 4.57. The van der Waals surface area contributed by atoms with Crippen LogP contribution in [0.3, 0.4) is 0 Å². The molecule has 0 bridgehead atoms. The summed E-state index contributed by atoms with van der Waals surface area (Å²) < 4.78 is 7.08. The lowest BCUT2D eigenvalue weighted by Crippen LogP contribution is -2.27. The van der Waals surface area contributed by atoms with E-state index in [0.717, 1.165) is 28.7 Å². The fourth-order valence-electron chi connectivity index (χ4n) is 3.21. The third-order valence-corrected chi connectivity index (χ3v) is 5.61. The molecule has 158 valence electrons. The van der Waals surface area contributed by atoms with Crippen molar-refractivity contribution in [3.8, 4) is 5.69 Å². The second-order valence-corrected chi connectivity index (χ2v) is 8.11. The number of nitrogens with one attached hydrogen (secondary N) is 1. The second kappa shape index (κ2) is 10.9. The Kier molecular flexibility index (Phi) is 8.04. The normalized spacial score (nSPS) is 10.9. The number of aryl methyl sites for hydroxylation is 2. The molecular weight excluding hydrogens is 396 g/mol. The van der Waals surface area contributed by atoms with Gasteiger partial charge in [-0.3, -0.25) is 9.36 Å². The van der Waals surface area contributed by atoms with Gasteiger partial charge in [0.25, 0.3) is 0 Å². The lowest BCUT2D eigenvalue weighted by molar-refractivity contribution is -0.118. The van der Waals surface area contributed by atoms with Crippen LogP contribution in [0.25, 0.3) is 5.69 Å². The Labute approximate surface area is 182 Å². The highest BCUT2D eigenvalue weighted by Crippen LogP contribution is 2.26. The van der Waals surface area contributed by atoms with Crippen LogP contribution in [-0.4, -0.2) is 46.7 Å². The molecule has 1 aromatic heterocycles. The van der Waals surface area contributed by atoms with Crippen molar-refractivity contribution in [1.82, 2.24) is 20.1 Å². The molecule has 0 aliphatic heterocycles. The SMILES string of the molecule is COCCCNC(=O)CSc1nnc(Cc2ccccc2)n1-c1ccc(C)cc1C. The quantitative estimate of drug-likeness (QED) is 0.397. The molecule has 2 aromatic carbocycles. The standard InChI is InChI=1S/C23H28N4O2S/c1-17-10-11-20(18(2)14-17)27-21(15-19-8-5-4-6-9-19)25-26-23(27)30-16-22(28)24-12-7-13-29-3/h4-6,8-11,14H,7,12-13,15-16H2,1-3H3,(H,24,28). The van der Waals surface area contributed by atoms with Crippen LogP contribution in [0.15, 0.2) is 53.7 Å². The minimum absolute atomic E-state index is 0.0177. The van der Waals surface area contributed by atoms with Crippen LogP contribution in [0.1, 0.15) is 28.9 Å². The summed E-state index contributed by atoms with van der Waals surface area (Å²) in [4.78, 5) is 12.2. The molecule has 3 aromatic rings. The summed E-state index contributed by atoms with van der Waals surface area (Å²) in [5, 5.41) is 12.5. The molecule has 30 heavy (non-hydrogen) atoms. The zero-order valence-corrected chi connectivity index (χ0v) is 18.5. The van der Waals surface area contributed by atoms with Crippen LogP contribution >= 0.6 is 11.8 Å². The molecule has 7 heteroatoms. The summed E-state index contributed by atoms with van der Waals surface area (Å²) in [6.45, 7) is 5.41. The second-order valence-electron chi connectivity index (χ2n) is 7.17. The Balaban J connectivity index is 1.81. The van der Waals surface area contributed by atoms with Gasteiger partial charge in [-0.1, -0.05) is 59.8 Å². The molecule has 0 atom stereocenters. The van der Waals surface area contributed by atoms with Gasteiger partial charge in [-0.15, -0.1) is 10.2 Å². The molecule has 1 heterocycles. The lowest BCUT2D eigenvalue weighted by atomic mass is 10.1. The van der Waals surface area contributed by atoms with Gasteiger partial charge >= 0.3 is 0 Å². The van der Waals surface area contributed by atoms with Gasteiger partial charge in [0.15, 0.2) is 5.16 Å². The predicted octanol–water partition coefficient (Wildman–Crippen LogP) is 3.72. The maximum atomic E-state index is 12.2. The van der Waals surface area contributed by atoms with Crippen LogP contribution in [0.5, 0.6) is 0 Å². The van der Waals surface area contributed by atoms with Gasteiger partial charge in [0, 0.05) is 26.7 Å². The van der Waals surface area contributed by atoms with E-state index in [9.17, 15) is 4.79 Å². The fourth-order valence-corrected chi connectivity index (χ4v) is 4.00. The number of nitrogens with zero attached hydrogens (tertiary/aromatic N) is 3. The zero-order chi connectivity index (χ0) is 21.3. The first-order valence-electron chi connectivity index (χ1n) is 10.0. The zero-order valence-electron chi connectivity index (χ0n) is 17.7. The Hall–Kier alpha value is -2.64. The predicted molar refractivity (Wildman–Crippen MR) is 120 cm³/mol. The maximum Gasteiger partial charge on any atom is 0.230 e. The smallest absolute Gasteiger partial charge is 0.230 e. The Morgan fingerprint density at radius 1 is 1.13 bits per heavy atom. The molecule has 0 saturated carbocycles. The number of methoxy groups -OCH3 is 1. The van der Waals surface area contributed by atoms with Crippen molar-refractivity contribution in [2.75, 3.05) is 26.0 Å². The molecule has 0 saturated heterocycles. The van der Waals surface area contributed by atoms with Crippen LogP contribution < -0.4 is 5.32 Å². The number of thioether (sulfide) groups is 1. The molecule has 6 nitrogen and oxygen atoms in total. The number of ether oxygens (including phenoxy) is 1. The van der Waals surface area contributed by atoms with Gasteiger partial charge in [-0.05, 0) is 37.5 Å². The first-order valence-corrected chi connectivity index (χ1v) is 11.0. The first-order chi connectivity index (χ1) is 14.6. The highest BCUT2D eigenvalue weighted by atomic mass is 32.2. The van der Waals surface area contributed by atoms with Crippen molar-refractivity contribution in [2.24, 2.45) is 0 Å². The average molecular weight is 425 g/mol. The largest absolute Gasteiger partial charge is 0.385 e. The van der Waals surface area contributed by atoms with E-state index in [1.807, 2.05) is 18.2 Å². The highest BCUT2D eigenvalue weighted by Gasteiger charge is 2.17. The van der Waals surface area contributed by atoms with Crippen molar-refractivity contribution < 1.29 is 9.53 Å². The van der Waals surface area contributed by atoms with E-state index in [1.165, 1.54) is 22.9 Å². The summed E-state index contributed by atoms with van der Waals surface area (Å²) >= 11 is 1.40. The van der Waals surface area contributed by atoms with Crippen molar-refractivity contribution in [3.05, 3.63) is 71.0 Å². The average Bonchev–Trinajstić information content (AvgIpc) is 3.12. The molecule has 0 aliphatic carbocycles. The van der Waals surface area contributed by atoms with Crippen molar-refractivity contribution >= 4 is 17.7 Å². The van der Waals surface area contributed by atoms with E-state index in [1.54, 1.807) is 7.11 Å². The maximum absolute atomic E-state index is 12.2. The number of carbonyl (C=O) groups excluding carboxylic acids is 1. The van der Waals surface area contributed by atoms with Crippen LogP contribution in [-0.2, 0) is 16.0 Å². The highest BCUT2D eigenvalue weighted by molar-refractivity contribution is 7.99. The molecule has 0 spiro atoms. The number of aromatic nitrogens is 3. The van der Waals surface area contributed by atoms with Gasteiger partial charge in [0.05, 0.1) is 11.4 Å². The van der Waals surface area contributed by atoms with Crippen LogP contribution in [0.2, 0.25) is 0 Å². The molecule has 1 N–H and O–H groups in total. The van der Waals surface area contributed by atoms with E-state index in [2.05, 4.69) is 64.3 Å². The van der Waals surface area contributed by atoms with Crippen LogP contribution in [0.4, 0.5) is 0 Å². The summed E-state index contributed by atoms with van der Waals surface area (Å²) in [5.74, 6) is 1.13. The van der Waals surface area contributed by atoms with E-state index >= 15 is 0 Å². The number of rotatable bonds is 10. The number of benzene rings is 2. The summed E-state index contributed by atoms with van der Waals surface area (Å²) in [6.07, 6.45) is 1.47. The Morgan fingerprint density at radius 3 is 2.67 bits per heavy atom. The molecule has 0 aliphatic rings. The molecule has 1 amide bonds. The Morgan fingerprint density at radius 2 is 1.93 bits per heavy atom. The number of hydrogen-bond acceptors (Lipinski definition) is 5. The van der Waals surface area contributed by atoms with Gasteiger partial charge in [-0.2, -0.15) is 0 Å². The molecule has 3 rings (SSSR count). The summed E-state index contributed by atoms with van der Waals surface area (Å²) in [6, 6.07) is 16.6. The molecular formula is C23H28N4O2S. The van der Waals surface area contributed by atoms with Crippen molar-refractivity contribution in [1.29, 1.82) is 0 Å². The third kappa shape index (κ3) is 5.93. The van der Waals surface area contributed by atoms with E-state index in [-0.39, 0.29) is 5.91 Å². The van der Waals surface area contributed by atoms with E-state index in [0.29, 0.717) is 25.3 Å². The number of amides is 1. The van der Waals surface area contributed by atoms with Gasteiger partial charge < -0.3 is 10.1 Å². The molecule has 0 fully saturated rings. The Bertz CT molecular complexity index is 973. The number of carbonyl (C=O) groups is 1.